The van der Waals surface area contributed by atoms with E-state index in [1.807, 2.05) is 25.6 Å². The van der Waals surface area contributed by atoms with Crippen LogP contribution in [0.4, 0.5) is 4.79 Å². The first kappa shape index (κ1) is 77.8. The Morgan fingerprint density at radius 2 is 1.29 bits per heavy atom. The van der Waals surface area contributed by atoms with Gasteiger partial charge in [-0.1, -0.05) is 55.8 Å². The third-order valence-electron chi connectivity index (χ3n) is 16.1. The minimum atomic E-state index is -1.47. The highest BCUT2D eigenvalue weighted by molar-refractivity contribution is 8.00. The van der Waals surface area contributed by atoms with Crippen molar-refractivity contribution in [2.75, 3.05) is 65.0 Å². The summed E-state index contributed by atoms with van der Waals surface area (Å²) in [6, 6.07) is -0.556. The van der Waals surface area contributed by atoms with Crippen LogP contribution in [-0.4, -0.2) is 221 Å². The third-order valence-corrected chi connectivity index (χ3v) is 17.6. The molecule has 10 atom stereocenters. The number of H-pyrrole nitrogens is 1. The molecule has 3 aromatic rings. The minimum absolute atomic E-state index is 0.0196. The largest absolute Gasteiger partial charge is 0.377 e. The number of rotatable bonds is 32. The highest BCUT2D eigenvalue weighted by Crippen LogP contribution is 2.33. The van der Waals surface area contributed by atoms with Gasteiger partial charge in [0.2, 0.25) is 53.2 Å². The number of imidazole rings is 1. The zero-order chi connectivity index (χ0) is 70.8. The maximum absolute atomic E-state index is 14.9. The van der Waals surface area contributed by atoms with E-state index in [0.717, 1.165) is 25.0 Å². The number of nitrogens with one attached hydrogen (secondary N) is 11. The number of thioether (sulfide) groups is 1. The second-order valence-corrected chi connectivity index (χ2v) is 25.8. The third kappa shape index (κ3) is 28.5. The van der Waals surface area contributed by atoms with E-state index < -0.39 is 96.2 Å². The number of hydrogen-bond acceptors (Lipinski definition) is 19. The number of guanidine groups is 2. The number of urea groups is 1. The van der Waals surface area contributed by atoms with Crippen LogP contribution in [0, 0.1) is 5.92 Å². The highest BCUT2D eigenvalue weighted by atomic mass is 32.2. The van der Waals surface area contributed by atoms with Gasteiger partial charge in [0.25, 0.3) is 0 Å². The molecule has 2 fully saturated rings. The highest BCUT2D eigenvalue weighted by Gasteiger charge is 2.43. The van der Waals surface area contributed by atoms with E-state index in [0.29, 0.717) is 42.3 Å². The Balaban J connectivity index is 1.16. The number of fused-ring (bicyclic) bond motifs is 3. The number of ether oxygens (including phenoxy) is 3. The van der Waals surface area contributed by atoms with Crippen molar-refractivity contribution in [3.05, 3.63) is 66.0 Å². The van der Waals surface area contributed by atoms with Crippen LogP contribution < -0.4 is 81.8 Å². The monoisotopic (exact) mass is 1390 g/mol. The molecule has 0 spiro atoms. The van der Waals surface area contributed by atoms with Crippen molar-refractivity contribution in [3.63, 3.8) is 0 Å². The van der Waals surface area contributed by atoms with Gasteiger partial charge >= 0.3 is 6.03 Å². The van der Waals surface area contributed by atoms with Crippen molar-refractivity contribution >= 4 is 82.9 Å². The summed E-state index contributed by atoms with van der Waals surface area (Å²) in [6.45, 7) is 4.58. The van der Waals surface area contributed by atoms with E-state index in [4.69, 9.17) is 42.9 Å². The van der Waals surface area contributed by atoms with E-state index in [1.54, 1.807) is 36.5 Å². The zero-order valence-electron chi connectivity index (χ0n) is 55.6. The molecule has 1 aromatic carbocycles. The Morgan fingerprint density at radius 1 is 0.673 bits per heavy atom. The van der Waals surface area contributed by atoms with Crippen LogP contribution in [0.3, 0.4) is 0 Å². The molecule has 36 heteroatoms. The molecule has 21 N–H and O–H groups in total. The summed E-state index contributed by atoms with van der Waals surface area (Å²) in [6.07, 6.45) is 7.82. The van der Waals surface area contributed by atoms with E-state index in [9.17, 15) is 47.9 Å². The summed E-state index contributed by atoms with van der Waals surface area (Å²) in [7, 11) is 0. The normalized spacial score (nSPS) is 23.0. The summed E-state index contributed by atoms with van der Waals surface area (Å²) >= 11 is 1.84. The number of nitrogens with two attached hydrogens (primary N) is 5. The quantitative estimate of drug-likeness (QED) is 0.0123. The fourth-order valence-corrected chi connectivity index (χ4v) is 12.6. The van der Waals surface area contributed by atoms with Crippen molar-refractivity contribution in [1.82, 2.24) is 78.1 Å². The van der Waals surface area contributed by atoms with Gasteiger partial charge in [-0.25, -0.2) is 9.78 Å². The molecule has 5 heterocycles. The predicted molar refractivity (Wildman–Crippen MR) is 361 cm³/mol. The molecule has 6 rings (SSSR count). The first-order chi connectivity index (χ1) is 47.1. The molecular weight excluding hydrogens is 1290 g/mol. The van der Waals surface area contributed by atoms with Crippen LogP contribution >= 0.6 is 11.8 Å². The molecule has 3 aliphatic rings. The van der Waals surface area contributed by atoms with Gasteiger partial charge in [-0.3, -0.25) is 57.8 Å². The minimum Gasteiger partial charge on any atom is -0.377 e. The molecule has 540 valence electrons. The van der Waals surface area contributed by atoms with Gasteiger partial charge in [0.15, 0.2) is 11.9 Å². The van der Waals surface area contributed by atoms with Crippen molar-refractivity contribution in [1.29, 1.82) is 0 Å². The van der Waals surface area contributed by atoms with Crippen molar-refractivity contribution < 1.29 is 62.2 Å². The van der Waals surface area contributed by atoms with E-state index in [2.05, 4.69) is 83.4 Å². The topological polar surface area (TPSA) is 533 Å². The van der Waals surface area contributed by atoms with Gasteiger partial charge in [0.05, 0.1) is 57.1 Å². The number of nitrogens with zero attached hydrogens (tertiary/aromatic N) is 6. The van der Waals surface area contributed by atoms with Gasteiger partial charge in [-0.05, 0) is 75.7 Å². The number of aromatic nitrogens is 5. The lowest BCUT2D eigenvalue weighted by molar-refractivity contribution is -0.136. The maximum atomic E-state index is 14.9. The summed E-state index contributed by atoms with van der Waals surface area (Å²) < 4.78 is 18.3. The second-order valence-electron chi connectivity index (χ2n) is 24.6. The molecule has 3 aliphatic heterocycles. The molecule has 0 saturated carbocycles. The summed E-state index contributed by atoms with van der Waals surface area (Å²) in [5, 5.41) is 36.8. The average Bonchev–Trinajstić information content (AvgIpc) is 1.65. The van der Waals surface area contributed by atoms with Crippen LogP contribution in [0.2, 0.25) is 0 Å². The number of benzene rings is 1. The van der Waals surface area contributed by atoms with Crippen molar-refractivity contribution in [2.24, 2.45) is 44.6 Å². The van der Waals surface area contributed by atoms with Gasteiger partial charge in [0.1, 0.15) is 48.9 Å². The number of aryl methyl sites for hydroxylation is 1. The van der Waals surface area contributed by atoms with Gasteiger partial charge in [-0.15, -0.1) is 5.10 Å². The van der Waals surface area contributed by atoms with Gasteiger partial charge < -0.3 is 101 Å². The smallest absolute Gasteiger partial charge is 0.315 e. The van der Waals surface area contributed by atoms with Crippen molar-refractivity contribution in [2.45, 2.75) is 176 Å². The molecular formula is C62H98N22O13S. The number of primary amides is 1. The summed E-state index contributed by atoms with van der Waals surface area (Å²) in [5.74, 6) is -6.16. The average molecular weight is 1390 g/mol. The first-order valence-electron chi connectivity index (χ1n) is 33.2. The Hall–Kier alpha value is -9.16. The molecule has 35 nitrogen and oxygen atoms in total. The second kappa shape index (κ2) is 41.8. The Labute approximate surface area is 572 Å². The van der Waals surface area contributed by atoms with Crippen LogP contribution in [0.25, 0.3) is 0 Å². The number of carbonyl (C=O) groups is 10. The SMILES string of the molecule is CC(C)C[C@H]1NC(=O)[C@@H](CCCN=C(N)N)NC(=O)[C@@H](Cc2ccccc2)NC(=O)[C@@H](Cc2cnc[nH]2)NC(=O)[C@@H](CCCN=C(N)N)NC(=O)[C@@H](NC(=O)COCCOCCOCCNC(=O)CCCC[C@@H]2SC[C@@H]3NC(=O)N[C@@H]32)Cc2cn(nn2)CCCC[C@@H](C(N)=O)NC1=O. The molecule has 98 heavy (non-hydrogen) atoms. The summed E-state index contributed by atoms with van der Waals surface area (Å²) in [5.41, 5.74) is 29.5. The van der Waals surface area contributed by atoms with Crippen LogP contribution in [0.1, 0.15) is 108 Å². The van der Waals surface area contributed by atoms with Crippen LogP contribution in [-0.2, 0) is 83.2 Å². The predicted octanol–water partition coefficient (Wildman–Crippen LogP) is -3.86. The lowest BCUT2D eigenvalue weighted by atomic mass is 10.0. The Morgan fingerprint density at radius 3 is 1.93 bits per heavy atom. The fraction of sp³-hybridized carbons (Fsp3) is 0.629. The van der Waals surface area contributed by atoms with E-state index >= 15 is 0 Å². The first-order valence-corrected chi connectivity index (χ1v) is 34.3. The molecule has 11 amide bonds. The number of carbonyl (C=O) groups excluding carboxylic acids is 10. The van der Waals surface area contributed by atoms with Gasteiger partial charge in [0, 0.05) is 81.0 Å². The number of aromatic amines is 1. The molecule has 2 bridgehead atoms. The molecule has 0 aliphatic carbocycles. The molecule has 0 radical (unpaired) electrons. The van der Waals surface area contributed by atoms with Crippen LogP contribution in [0.5, 0.6) is 0 Å². The number of amides is 11. The maximum Gasteiger partial charge on any atom is 0.315 e. The fourth-order valence-electron chi connectivity index (χ4n) is 11.1. The lowest BCUT2D eigenvalue weighted by Gasteiger charge is -2.28. The lowest BCUT2D eigenvalue weighted by Crippen LogP contribution is -2.61. The summed E-state index contributed by atoms with van der Waals surface area (Å²) in [4.78, 5) is 153. The number of hydrogen-bond donors (Lipinski definition) is 16. The molecule has 0 unspecified atom stereocenters. The zero-order valence-corrected chi connectivity index (χ0v) is 56.5. The number of unbranched alkanes of at least 4 members (excludes halogenated alkanes) is 1. The van der Waals surface area contributed by atoms with Gasteiger partial charge in [-0.2, -0.15) is 11.8 Å². The van der Waals surface area contributed by atoms with E-state index in [1.165, 1.54) is 17.2 Å². The molecule has 2 saturated heterocycles. The molecule has 2 aromatic heterocycles. The standard InChI is InChI=1S/C62H98N22O13S/c1-37(2)28-44-56(90)74-41(53(63)87)14-8-9-22-84-33-40(82-83-84)31-46(73-51(86)34-97-27-26-96-25-24-95-23-21-69-50(85)18-7-6-17-49-52-48(35-98-49)80-62(94)81-52)58(92)76-43(16-11-20-71-61(66)67)55(89)79-47(30-39-32-68-36-72-39)59(93)78-45(29-38-12-4-3-5-13-38)57(91)75-42(54(88)77-44)15-10-19-70-60(64)65/h3-5,12-13,32-33,36-37,41-49,52H,6-11,14-31,34-35H2,1-2H3,(H2,63,87)(H,68,72)(H,69,85)(H,73,86)(H,74,90)(H,75,91)(H,76,92)(H,77,88)(H,78,93)(H,79,89)(H4,64,65,70)(H4,66,67,71)(H2,80,81,94)/t41-,42+,43+,44+,45+,46-,47+,48-,49-,52-/m0/s1. The van der Waals surface area contributed by atoms with Crippen molar-refractivity contribution in [3.8, 4) is 0 Å². The Kier molecular flexibility index (Phi) is 33.2. The number of aliphatic imine (C=N–C) groups is 2. The van der Waals surface area contributed by atoms with Crippen LogP contribution in [0.15, 0.2) is 59.0 Å². The Bertz CT molecular complexity index is 3110. The van der Waals surface area contributed by atoms with E-state index in [-0.39, 0.29) is 158 Å².